The molecule has 5 amide bonds. The second kappa shape index (κ2) is 15.0. The fraction of sp³-hybridized carbons (Fsp3) is 0.517. The Kier molecular flexibility index (Phi) is 12.1. The van der Waals surface area contributed by atoms with E-state index in [0.29, 0.717) is 18.7 Å². The molecule has 0 spiro atoms. The molecular formula is C29H42N6O7. The number of Topliss-reactive ketones (excluding diaryl/α,β-unsaturated/α-hetero) is 1. The molecule has 2 unspecified atom stereocenters. The van der Waals surface area contributed by atoms with Crippen molar-refractivity contribution < 1.29 is 33.5 Å². The van der Waals surface area contributed by atoms with Gasteiger partial charge in [0.05, 0.1) is 19.1 Å². The number of nitrogens with zero attached hydrogens (tertiary/aromatic N) is 2. The van der Waals surface area contributed by atoms with Gasteiger partial charge in [0.2, 0.25) is 23.5 Å². The Labute approximate surface area is 246 Å². The van der Waals surface area contributed by atoms with Gasteiger partial charge < -0.3 is 35.8 Å². The summed E-state index contributed by atoms with van der Waals surface area (Å²) in [6.07, 6.45) is -0.404. The van der Waals surface area contributed by atoms with Gasteiger partial charge in [0.25, 0.3) is 5.91 Å². The average Bonchev–Trinajstić information content (AvgIpc) is 3.32. The summed E-state index contributed by atoms with van der Waals surface area (Å²) >= 11 is 0. The van der Waals surface area contributed by atoms with Gasteiger partial charge in [-0.3, -0.25) is 24.0 Å². The van der Waals surface area contributed by atoms with Crippen molar-refractivity contribution in [2.75, 3.05) is 40.3 Å². The molecule has 13 nitrogen and oxygen atoms in total. The normalized spacial score (nSPS) is 17.0. The standard InChI is InChI=1S/C29H42N6O7/c1-18-13-21(35(17-18)24(38)16-32-28(41)42-29(3,4)5)26(39)30-14-22(36)27(40)31-15-23(37)33-25(19(2)34(6)7)20-11-9-8-10-12-20/h8-12,18,21,25H,2,13-17H2,1,3-7H3,(H,30,39)(H,31,40)(H,32,41)(H,33,37)/t18-,21?,25?/m1/s1. The first kappa shape index (κ1) is 33.8. The zero-order valence-corrected chi connectivity index (χ0v) is 25.1. The third-order valence-electron chi connectivity index (χ3n) is 6.35. The first-order valence-corrected chi connectivity index (χ1v) is 13.6. The van der Waals surface area contributed by atoms with Crippen LogP contribution in [0.4, 0.5) is 4.79 Å². The van der Waals surface area contributed by atoms with E-state index in [1.165, 1.54) is 4.90 Å². The number of likely N-dealkylation sites (tertiary alicyclic amines) is 1. The van der Waals surface area contributed by atoms with Crippen molar-refractivity contribution in [2.24, 2.45) is 5.92 Å². The average molecular weight is 587 g/mol. The summed E-state index contributed by atoms with van der Waals surface area (Å²) in [7, 11) is 3.59. The molecule has 3 atom stereocenters. The predicted molar refractivity (Wildman–Crippen MR) is 155 cm³/mol. The maximum absolute atomic E-state index is 12.8. The lowest BCUT2D eigenvalue weighted by atomic mass is 10.0. The van der Waals surface area contributed by atoms with Crippen LogP contribution in [0.3, 0.4) is 0 Å². The number of rotatable bonds is 12. The molecule has 1 fully saturated rings. The molecule has 1 heterocycles. The Morgan fingerprint density at radius 2 is 1.64 bits per heavy atom. The zero-order chi connectivity index (χ0) is 31.6. The molecule has 1 aliphatic heterocycles. The van der Waals surface area contributed by atoms with E-state index in [4.69, 9.17) is 4.74 Å². The van der Waals surface area contributed by atoms with Crippen LogP contribution >= 0.6 is 0 Å². The molecule has 1 aromatic carbocycles. The quantitative estimate of drug-likeness (QED) is 0.257. The maximum Gasteiger partial charge on any atom is 0.408 e. The van der Waals surface area contributed by atoms with Crippen LogP contribution in [0.15, 0.2) is 42.6 Å². The summed E-state index contributed by atoms with van der Waals surface area (Å²) in [5.41, 5.74) is 0.685. The van der Waals surface area contributed by atoms with Gasteiger partial charge in [0.1, 0.15) is 18.2 Å². The Morgan fingerprint density at radius 3 is 2.24 bits per heavy atom. The van der Waals surface area contributed by atoms with Crippen molar-refractivity contribution in [3.05, 3.63) is 48.2 Å². The van der Waals surface area contributed by atoms with Crippen molar-refractivity contribution in [3.63, 3.8) is 0 Å². The van der Waals surface area contributed by atoms with Crippen LogP contribution in [-0.2, 0) is 28.7 Å². The van der Waals surface area contributed by atoms with Crippen molar-refractivity contribution in [1.29, 1.82) is 0 Å². The SMILES string of the molecule is C=C(C(NC(=O)CNC(=O)C(=O)CNC(=O)C1C[C@@H](C)CN1C(=O)CNC(=O)OC(C)(C)C)c1ccccc1)N(C)C. The fourth-order valence-electron chi connectivity index (χ4n) is 4.23. The van der Waals surface area contributed by atoms with Gasteiger partial charge in [0, 0.05) is 26.3 Å². The number of amides is 5. The lowest BCUT2D eigenvalue weighted by Gasteiger charge is -2.26. The third kappa shape index (κ3) is 10.5. The molecule has 0 saturated carbocycles. The monoisotopic (exact) mass is 586 g/mol. The zero-order valence-electron chi connectivity index (χ0n) is 25.1. The van der Waals surface area contributed by atoms with Gasteiger partial charge in [0.15, 0.2) is 0 Å². The summed E-state index contributed by atoms with van der Waals surface area (Å²) in [6.45, 7) is 9.82. The number of benzene rings is 1. The lowest BCUT2D eigenvalue weighted by Crippen LogP contribution is -2.51. The first-order valence-electron chi connectivity index (χ1n) is 13.6. The van der Waals surface area contributed by atoms with Gasteiger partial charge in [-0.15, -0.1) is 0 Å². The van der Waals surface area contributed by atoms with Crippen LogP contribution in [-0.4, -0.2) is 97.2 Å². The number of hydrogen-bond donors (Lipinski definition) is 4. The molecule has 0 bridgehead atoms. The Bertz CT molecular complexity index is 1180. The smallest absolute Gasteiger partial charge is 0.408 e. The van der Waals surface area contributed by atoms with E-state index in [-0.39, 0.29) is 12.5 Å². The van der Waals surface area contributed by atoms with E-state index in [9.17, 15) is 28.8 Å². The number of carbonyl (C=O) groups is 6. The number of nitrogens with one attached hydrogen (secondary N) is 4. The summed E-state index contributed by atoms with van der Waals surface area (Å²) in [5.74, 6) is -3.60. The number of ketones is 1. The predicted octanol–water partition coefficient (Wildman–Crippen LogP) is 0.482. The molecule has 0 radical (unpaired) electrons. The van der Waals surface area contributed by atoms with Gasteiger partial charge in [-0.25, -0.2) is 4.79 Å². The highest BCUT2D eigenvalue weighted by molar-refractivity contribution is 6.37. The first-order chi connectivity index (χ1) is 19.6. The Hall–Kier alpha value is -4.42. The number of likely N-dealkylation sites (N-methyl/N-ethyl adjacent to an activating group) is 1. The Balaban J connectivity index is 1.85. The van der Waals surface area contributed by atoms with Crippen LogP contribution in [0.1, 0.15) is 45.7 Å². The molecule has 0 aromatic heterocycles. The van der Waals surface area contributed by atoms with Gasteiger partial charge in [-0.05, 0) is 38.7 Å². The van der Waals surface area contributed by atoms with Crippen molar-refractivity contribution in [3.8, 4) is 0 Å². The van der Waals surface area contributed by atoms with E-state index in [1.807, 2.05) is 37.3 Å². The second-order valence-corrected chi connectivity index (χ2v) is 11.4. The largest absolute Gasteiger partial charge is 0.444 e. The van der Waals surface area contributed by atoms with Crippen LogP contribution in [0.5, 0.6) is 0 Å². The third-order valence-corrected chi connectivity index (χ3v) is 6.35. The lowest BCUT2D eigenvalue weighted by molar-refractivity contribution is -0.140. The van der Waals surface area contributed by atoms with Crippen molar-refractivity contribution in [2.45, 2.75) is 51.8 Å². The summed E-state index contributed by atoms with van der Waals surface area (Å²) < 4.78 is 5.12. The molecule has 42 heavy (non-hydrogen) atoms. The Morgan fingerprint density at radius 1 is 1.00 bits per heavy atom. The highest BCUT2D eigenvalue weighted by Gasteiger charge is 2.38. The van der Waals surface area contributed by atoms with Crippen LogP contribution < -0.4 is 21.3 Å². The van der Waals surface area contributed by atoms with Gasteiger partial charge in [-0.2, -0.15) is 0 Å². The molecule has 1 saturated heterocycles. The minimum absolute atomic E-state index is 0.00651. The molecule has 4 N–H and O–H groups in total. The molecule has 13 heteroatoms. The van der Waals surface area contributed by atoms with Gasteiger partial charge in [-0.1, -0.05) is 43.8 Å². The molecule has 230 valence electrons. The second-order valence-electron chi connectivity index (χ2n) is 11.4. The summed E-state index contributed by atoms with van der Waals surface area (Å²) in [6, 6.07) is 7.76. The van der Waals surface area contributed by atoms with Crippen LogP contribution in [0.25, 0.3) is 0 Å². The van der Waals surface area contributed by atoms with Crippen LogP contribution in [0.2, 0.25) is 0 Å². The van der Waals surface area contributed by atoms with Gasteiger partial charge >= 0.3 is 6.09 Å². The van der Waals surface area contributed by atoms with Crippen molar-refractivity contribution in [1.82, 2.24) is 31.1 Å². The van der Waals surface area contributed by atoms with E-state index < -0.39 is 66.3 Å². The summed E-state index contributed by atoms with van der Waals surface area (Å²) in [4.78, 5) is 77.8. The molecule has 1 aromatic rings. The number of carbonyl (C=O) groups excluding carboxylic acids is 6. The molecule has 1 aliphatic rings. The molecule has 2 rings (SSSR count). The fourth-order valence-corrected chi connectivity index (χ4v) is 4.23. The number of hydrogen-bond acceptors (Lipinski definition) is 8. The van der Waals surface area contributed by atoms with E-state index in [0.717, 1.165) is 5.56 Å². The van der Waals surface area contributed by atoms with E-state index >= 15 is 0 Å². The topological polar surface area (TPSA) is 166 Å². The highest BCUT2D eigenvalue weighted by Crippen LogP contribution is 2.23. The highest BCUT2D eigenvalue weighted by atomic mass is 16.6. The maximum atomic E-state index is 12.8. The minimum atomic E-state index is -1.04. The van der Waals surface area contributed by atoms with Crippen LogP contribution in [0, 0.1) is 5.92 Å². The summed E-state index contributed by atoms with van der Waals surface area (Å²) in [5, 5.41) is 9.85. The number of ether oxygens (including phenoxy) is 1. The molecular weight excluding hydrogens is 544 g/mol. The molecule has 0 aliphatic carbocycles. The minimum Gasteiger partial charge on any atom is -0.444 e. The van der Waals surface area contributed by atoms with Crippen molar-refractivity contribution >= 4 is 35.5 Å². The number of alkyl carbamates (subject to hydrolysis) is 1. The van der Waals surface area contributed by atoms with E-state index in [2.05, 4.69) is 27.8 Å². The van der Waals surface area contributed by atoms with E-state index in [1.54, 1.807) is 39.8 Å².